The third-order valence-electron chi connectivity index (χ3n) is 2.40. The highest BCUT2D eigenvalue weighted by Crippen LogP contribution is 2.22. The minimum Gasteiger partial charge on any atom is -0.330 e. The lowest BCUT2D eigenvalue weighted by Crippen LogP contribution is -2.01. The average Bonchev–Trinajstić information content (AvgIpc) is 2.30. The second-order valence-electron chi connectivity index (χ2n) is 3.48. The Morgan fingerprint density at radius 1 is 1.00 bits per heavy atom. The molecule has 0 unspecified atom stereocenters. The zero-order valence-corrected chi connectivity index (χ0v) is 9.46. The van der Waals surface area contributed by atoms with E-state index in [1.807, 2.05) is 11.8 Å². The summed E-state index contributed by atoms with van der Waals surface area (Å²) in [5.74, 6) is 2.09. The second kappa shape index (κ2) is 5.19. The molecule has 2 aromatic carbocycles. The molecule has 0 aromatic heterocycles. The predicted molar refractivity (Wildman–Crippen MR) is 69.2 cm³/mol. The van der Waals surface area contributed by atoms with Crippen LogP contribution in [0.3, 0.4) is 0 Å². The Balaban J connectivity index is 2.26. The van der Waals surface area contributed by atoms with Crippen molar-refractivity contribution >= 4 is 22.5 Å². The molecule has 0 aliphatic rings. The molecule has 2 N–H and O–H groups in total. The molecule has 0 spiro atoms. The van der Waals surface area contributed by atoms with Gasteiger partial charge in [-0.05, 0) is 16.3 Å². The lowest BCUT2D eigenvalue weighted by atomic mass is 10.1. The molecule has 1 nitrogen and oxygen atoms in total. The molecule has 15 heavy (non-hydrogen) atoms. The molecule has 2 aromatic rings. The van der Waals surface area contributed by atoms with Crippen LogP contribution in [-0.2, 0) is 5.75 Å². The Morgan fingerprint density at radius 3 is 2.67 bits per heavy atom. The van der Waals surface area contributed by atoms with Gasteiger partial charge in [0.1, 0.15) is 0 Å². The molecule has 78 valence electrons. The summed E-state index contributed by atoms with van der Waals surface area (Å²) in [5, 5.41) is 2.69. The van der Waals surface area contributed by atoms with Crippen molar-refractivity contribution in [2.75, 3.05) is 12.3 Å². The van der Waals surface area contributed by atoms with Gasteiger partial charge < -0.3 is 5.73 Å². The van der Waals surface area contributed by atoms with Crippen LogP contribution in [0.15, 0.2) is 42.5 Å². The SMILES string of the molecule is NCCSCc1cccc2ccccc12. The van der Waals surface area contributed by atoms with Gasteiger partial charge in [0, 0.05) is 18.1 Å². The molecule has 0 aliphatic carbocycles. The Hall–Kier alpha value is -0.990. The minimum atomic E-state index is 0.759. The number of benzene rings is 2. The van der Waals surface area contributed by atoms with Gasteiger partial charge in [-0.25, -0.2) is 0 Å². The zero-order chi connectivity index (χ0) is 10.5. The van der Waals surface area contributed by atoms with E-state index in [0.717, 1.165) is 18.1 Å². The fraction of sp³-hybridized carbons (Fsp3) is 0.231. The van der Waals surface area contributed by atoms with E-state index < -0.39 is 0 Å². The Morgan fingerprint density at radius 2 is 1.80 bits per heavy atom. The van der Waals surface area contributed by atoms with Gasteiger partial charge in [0.05, 0.1) is 0 Å². The van der Waals surface area contributed by atoms with Crippen LogP contribution in [0.25, 0.3) is 10.8 Å². The van der Waals surface area contributed by atoms with Crippen LogP contribution < -0.4 is 5.73 Å². The zero-order valence-electron chi connectivity index (χ0n) is 8.65. The third-order valence-corrected chi connectivity index (χ3v) is 3.44. The van der Waals surface area contributed by atoms with Crippen molar-refractivity contribution in [2.45, 2.75) is 5.75 Å². The van der Waals surface area contributed by atoms with Gasteiger partial charge in [0.2, 0.25) is 0 Å². The van der Waals surface area contributed by atoms with Gasteiger partial charge in [0.15, 0.2) is 0 Å². The first kappa shape index (κ1) is 10.5. The van der Waals surface area contributed by atoms with E-state index in [2.05, 4.69) is 42.5 Å². The monoisotopic (exact) mass is 217 g/mol. The first-order valence-corrected chi connectivity index (χ1v) is 6.32. The summed E-state index contributed by atoms with van der Waals surface area (Å²) >= 11 is 1.90. The lowest BCUT2D eigenvalue weighted by Gasteiger charge is -2.05. The van der Waals surface area contributed by atoms with E-state index in [-0.39, 0.29) is 0 Å². The number of fused-ring (bicyclic) bond motifs is 1. The smallest absolute Gasteiger partial charge is 0.0191 e. The molecule has 0 atom stereocenters. The topological polar surface area (TPSA) is 26.0 Å². The van der Waals surface area contributed by atoms with Gasteiger partial charge in [-0.15, -0.1) is 0 Å². The third kappa shape index (κ3) is 2.52. The first-order chi connectivity index (χ1) is 7.42. The average molecular weight is 217 g/mol. The molecule has 2 heteroatoms. The summed E-state index contributed by atoms with van der Waals surface area (Å²) in [6.07, 6.45) is 0. The van der Waals surface area contributed by atoms with Crippen molar-refractivity contribution in [2.24, 2.45) is 5.73 Å². The number of hydrogen-bond acceptors (Lipinski definition) is 2. The first-order valence-electron chi connectivity index (χ1n) is 5.16. The maximum absolute atomic E-state index is 5.48. The summed E-state index contributed by atoms with van der Waals surface area (Å²) in [6.45, 7) is 0.759. The predicted octanol–water partition coefficient (Wildman–Crippen LogP) is 3.03. The molecule has 0 aliphatic heterocycles. The molecule has 0 amide bonds. The molecule has 0 fully saturated rings. The van der Waals surface area contributed by atoms with Gasteiger partial charge in [-0.1, -0.05) is 42.5 Å². The van der Waals surface area contributed by atoms with E-state index in [0.29, 0.717) is 0 Å². The molecular weight excluding hydrogens is 202 g/mol. The summed E-state index contributed by atoms with van der Waals surface area (Å²) in [7, 11) is 0. The normalized spacial score (nSPS) is 10.7. The molecule has 0 saturated heterocycles. The number of thioether (sulfide) groups is 1. The van der Waals surface area contributed by atoms with Crippen molar-refractivity contribution in [3.05, 3.63) is 48.0 Å². The van der Waals surface area contributed by atoms with Crippen molar-refractivity contribution < 1.29 is 0 Å². The summed E-state index contributed by atoms with van der Waals surface area (Å²) < 4.78 is 0. The highest BCUT2D eigenvalue weighted by molar-refractivity contribution is 7.98. The maximum Gasteiger partial charge on any atom is 0.0191 e. The van der Waals surface area contributed by atoms with Crippen molar-refractivity contribution in [1.29, 1.82) is 0 Å². The van der Waals surface area contributed by atoms with Gasteiger partial charge >= 0.3 is 0 Å². The van der Waals surface area contributed by atoms with Gasteiger partial charge in [-0.2, -0.15) is 11.8 Å². The fourth-order valence-corrected chi connectivity index (χ4v) is 2.47. The highest BCUT2D eigenvalue weighted by Gasteiger charge is 1.99. The van der Waals surface area contributed by atoms with E-state index >= 15 is 0 Å². The van der Waals surface area contributed by atoms with Gasteiger partial charge in [-0.3, -0.25) is 0 Å². The summed E-state index contributed by atoms with van der Waals surface area (Å²) in [6, 6.07) is 15.0. The maximum atomic E-state index is 5.48. The fourth-order valence-electron chi connectivity index (χ4n) is 1.68. The molecule has 0 radical (unpaired) electrons. The van der Waals surface area contributed by atoms with Crippen molar-refractivity contribution in [3.8, 4) is 0 Å². The van der Waals surface area contributed by atoms with Crippen molar-refractivity contribution in [3.63, 3.8) is 0 Å². The van der Waals surface area contributed by atoms with E-state index in [1.54, 1.807) is 0 Å². The molecule has 0 saturated carbocycles. The molecular formula is C13H15NS. The van der Waals surface area contributed by atoms with Crippen LogP contribution in [0, 0.1) is 0 Å². The van der Waals surface area contributed by atoms with Crippen molar-refractivity contribution in [1.82, 2.24) is 0 Å². The Bertz CT molecular complexity index is 434. The summed E-state index contributed by atoms with van der Waals surface area (Å²) in [4.78, 5) is 0. The van der Waals surface area contributed by atoms with Crippen LogP contribution in [0.4, 0.5) is 0 Å². The largest absolute Gasteiger partial charge is 0.330 e. The van der Waals surface area contributed by atoms with Crippen LogP contribution >= 0.6 is 11.8 Å². The van der Waals surface area contributed by atoms with E-state index in [4.69, 9.17) is 5.73 Å². The van der Waals surface area contributed by atoms with E-state index in [1.165, 1.54) is 16.3 Å². The second-order valence-corrected chi connectivity index (χ2v) is 4.58. The highest BCUT2D eigenvalue weighted by atomic mass is 32.2. The molecule has 0 bridgehead atoms. The quantitative estimate of drug-likeness (QED) is 0.797. The van der Waals surface area contributed by atoms with E-state index in [9.17, 15) is 0 Å². The van der Waals surface area contributed by atoms with Crippen LogP contribution in [0.2, 0.25) is 0 Å². The standard InChI is InChI=1S/C13H15NS/c14-8-9-15-10-12-6-3-5-11-4-1-2-7-13(11)12/h1-7H,8-10,14H2. The Kier molecular flexibility index (Phi) is 3.64. The molecule has 0 heterocycles. The molecule has 2 rings (SSSR count). The minimum absolute atomic E-state index is 0.759. The van der Waals surface area contributed by atoms with Crippen LogP contribution in [0.1, 0.15) is 5.56 Å². The van der Waals surface area contributed by atoms with Crippen LogP contribution in [-0.4, -0.2) is 12.3 Å². The van der Waals surface area contributed by atoms with Gasteiger partial charge in [0.25, 0.3) is 0 Å². The Labute approximate surface area is 94.7 Å². The number of hydrogen-bond donors (Lipinski definition) is 1. The number of rotatable bonds is 4. The number of nitrogens with two attached hydrogens (primary N) is 1. The summed E-state index contributed by atoms with van der Waals surface area (Å²) in [5.41, 5.74) is 6.89. The van der Waals surface area contributed by atoms with Crippen LogP contribution in [0.5, 0.6) is 0 Å². The lowest BCUT2D eigenvalue weighted by molar-refractivity contribution is 1.15.